The van der Waals surface area contributed by atoms with Crippen LogP contribution in [0.15, 0.2) is 54.7 Å². The number of fused-ring (bicyclic) bond motifs is 5. The quantitative estimate of drug-likeness (QED) is 0.275. The first-order chi connectivity index (χ1) is 22.4. The van der Waals surface area contributed by atoms with E-state index >= 15 is 0 Å². The normalized spacial score (nSPS) is 26.8. The van der Waals surface area contributed by atoms with Gasteiger partial charge < -0.3 is 30.1 Å². The zero-order chi connectivity index (χ0) is 33.3. The standard InChI is InChI=1S/C35H41N5O7/c1-34(2,3)47-33(45)37-26-16-8-6-4-5-7-12-21-19-35(21,32(43)44)39-29(41)27-18-22(20-40(27)31(26)42)46-30-25-14-10-9-13-23(25)24-15-11-17-36-28(24)38-30/h7,9-15,17,21-22,26-27H,4-6,8,16,18-20H2,1-3H3,(H,37,45)(H,39,41)(H,43,44)/t21-,22-,26+,27+,35-/m1/s1. The molecule has 3 amide bonds. The van der Waals surface area contributed by atoms with Crippen molar-refractivity contribution >= 4 is 45.7 Å². The maximum Gasteiger partial charge on any atom is 0.408 e. The van der Waals surface area contributed by atoms with Gasteiger partial charge in [0.25, 0.3) is 0 Å². The molecule has 1 aromatic carbocycles. The third-order valence-electron chi connectivity index (χ3n) is 9.03. The SMILES string of the molecule is CC(C)(C)OC(=O)N[C@H]1CCCCCC=C[C@@H]2C[C@@]2(C(=O)O)NC(=O)[C@@H]2C[C@@H](Oc3nc4ncccc4c4ccccc34)CN2C1=O. The van der Waals surface area contributed by atoms with E-state index in [1.165, 1.54) is 4.90 Å². The Kier molecular flexibility index (Phi) is 8.78. The van der Waals surface area contributed by atoms with Crippen molar-refractivity contribution in [1.82, 2.24) is 25.5 Å². The van der Waals surface area contributed by atoms with Gasteiger partial charge in [-0.1, -0.05) is 43.2 Å². The number of carboxylic acids is 1. The van der Waals surface area contributed by atoms with Crippen LogP contribution < -0.4 is 15.4 Å². The second-order valence-corrected chi connectivity index (χ2v) is 13.7. The second kappa shape index (κ2) is 12.8. The molecule has 6 rings (SSSR count). The number of carboxylic acid groups (broad SMARTS) is 1. The largest absolute Gasteiger partial charge is 0.479 e. The van der Waals surface area contributed by atoms with Crippen molar-refractivity contribution in [2.45, 2.75) is 95.0 Å². The lowest BCUT2D eigenvalue weighted by Crippen LogP contribution is -2.56. The van der Waals surface area contributed by atoms with E-state index in [0.717, 1.165) is 35.4 Å². The van der Waals surface area contributed by atoms with Crippen LogP contribution in [0.25, 0.3) is 21.8 Å². The zero-order valence-corrected chi connectivity index (χ0v) is 26.9. The highest BCUT2D eigenvalue weighted by Gasteiger charge is 2.61. The van der Waals surface area contributed by atoms with Crippen LogP contribution in [0.5, 0.6) is 5.88 Å². The Hall–Kier alpha value is -4.74. The molecular weight excluding hydrogens is 602 g/mol. The summed E-state index contributed by atoms with van der Waals surface area (Å²) in [6.07, 6.45) is 7.88. The summed E-state index contributed by atoms with van der Waals surface area (Å²) in [7, 11) is 0. The third-order valence-corrected chi connectivity index (χ3v) is 9.03. The Bertz CT molecular complexity index is 1740. The van der Waals surface area contributed by atoms with E-state index < -0.39 is 53.2 Å². The average molecular weight is 644 g/mol. The second-order valence-electron chi connectivity index (χ2n) is 13.7. The molecule has 5 atom stereocenters. The van der Waals surface area contributed by atoms with Gasteiger partial charge in [0.1, 0.15) is 29.3 Å². The van der Waals surface area contributed by atoms with Crippen LogP contribution in [0, 0.1) is 5.92 Å². The number of aliphatic carboxylic acids is 1. The number of hydrogen-bond acceptors (Lipinski definition) is 8. The molecule has 0 spiro atoms. The summed E-state index contributed by atoms with van der Waals surface area (Å²) in [6, 6.07) is 9.45. The van der Waals surface area contributed by atoms with E-state index in [9.17, 15) is 24.3 Å². The Morgan fingerprint density at radius 3 is 2.60 bits per heavy atom. The number of rotatable bonds is 4. The fourth-order valence-corrected chi connectivity index (χ4v) is 6.60. The monoisotopic (exact) mass is 643 g/mol. The van der Waals surface area contributed by atoms with Crippen molar-refractivity contribution in [2.24, 2.45) is 5.92 Å². The number of amides is 3. The van der Waals surface area contributed by atoms with Gasteiger partial charge in [0, 0.05) is 29.3 Å². The number of alkyl carbamates (subject to hydrolysis) is 1. The molecule has 1 saturated carbocycles. The van der Waals surface area contributed by atoms with Crippen LogP contribution in [0.4, 0.5) is 4.79 Å². The fourth-order valence-electron chi connectivity index (χ4n) is 6.60. The minimum atomic E-state index is -1.43. The van der Waals surface area contributed by atoms with Crippen LogP contribution in [-0.2, 0) is 19.1 Å². The summed E-state index contributed by atoms with van der Waals surface area (Å²) < 4.78 is 11.9. The number of nitrogens with one attached hydrogen (secondary N) is 2. The van der Waals surface area contributed by atoms with Crippen molar-refractivity contribution < 1.29 is 33.8 Å². The molecule has 248 valence electrons. The molecule has 1 aliphatic carbocycles. The molecule has 2 fully saturated rings. The van der Waals surface area contributed by atoms with Gasteiger partial charge in [-0.2, -0.15) is 4.98 Å². The predicted octanol–water partition coefficient (Wildman–Crippen LogP) is 4.50. The Morgan fingerprint density at radius 2 is 1.83 bits per heavy atom. The number of hydrogen-bond donors (Lipinski definition) is 3. The molecular formula is C35H41N5O7. The molecule has 2 aromatic heterocycles. The molecule has 12 heteroatoms. The average Bonchev–Trinajstić information content (AvgIpc) is 3.56. The Morgan fingerprint density at radius 1 is 1.06 bits per heavy atom. The van der Waals surface area contributed by atoms with Crippen molar-refractivity contribution in [3.8, 4) is 5.88 Å². The maximum absolute atomic E-state index is 14.3. The van der Waals surface area contributed by atoms with Crippen LogP contribution in [0.3, 0.4) is 0 Å². The number of carbonyl (C=O) groups is 4. The van der Waals surface area contributed by atoms with Gasteiger partial charge in [0.05, 0.1) is 6.54 Å². The summed E-state index contributed by atoms with van der Waals surface area (Å²) >= 11 is 0. The molecule has 0 unspecified atom stereocenters. The van der Waals surface area contributed by atoms with Crippen molar-refractivity contribution in [3.63, 3.8) is 0 Å². The minimum absolute atomic E-state index is 0.0308. The molecule has 3 aliphatic rings. The summed E-state index contributed by atoms with van der Waals surface area (Å²) in [5.74, 6) is -2.16. The highest BCUT2D eigenvalue weighted by molar-refractivity contribution is 6.06. The highest BCUT2D eigenvalue weighted by Crippen LogP contribution is 2.45. The molecule has 3 N–H and O–H groups in total. The van der Waals surface area contributed by atoms with Gasteiger partial charge in [0.2, 0.25) is 17.7 Å². The first kappa shape index (κ1) is 32.2. The van der Waals surface area contributed by atoms with Gasteiger partial charge >= 0.3 is 12.1 Å². The number of nitrogens with zero attached hydrogens (tertiary/aromatic N) is 3. The van der Waals surface area contributed by atoms with E-state index in [1.54, 1.807) is 27.0 Å². The number of carbonyl (C=O) groups excluding carboxylic acids is 3. The van der Waals surface area contributed by atoms with Gasteiger partial charge in [-0.3, -0.25) is 9.59 Å². The highest BCUT2D eigenvalue weighted by atomic mass is 16.6. The van der Waals surface area contributed by atoms with E-state index in [4.69, 9.17) is 9.47 Å². The van der Waals surface area contributed by atoms with Crippen LogP contribution >= 0.6 is 0 Å². The first-order valence-electron chi connectivity index (χ1n) is 16.3. The molecule has 4 heterocycles. The molecule has 0 radical (unpaired) electrons. The van der Waals surface area contributed by atoms with E-state index in [1.807, 2.05) is 48.6 Å². The molecule has 47 heavy (non-hydrogen) atoms. The number of allylic oxidation sites excluding steroid dienone is 1. The topological polar surface area (TPSA) is 160 Å². The Labute approximate surface area is 272 Å². The van der Waals surface area contributed by atoms with E-state index in [-0.39, 0.29) is 25.3 Å². The number of benzene rings is 1. The summed E-state index contributed by atoms with van der Waals surface area (Å²) in [4.78, 5) is 64.0. The van der Waals surface area contributed by atoms with Gasteiger partial charge in [0.15, 0.2) is 5.65 Å². The number of pyridine rings is 2. The van der Waals surface area contributed by atoms with Crippen LogP contribution in [0.2, 0.25) is 0 Å². The van der Waals surface area contributed by atoms with Gasteiger partial charge in [-0.25, -0.2) is 14.6 Å². The maximum atomic E-state index is 14.3. The fraction of sp³-hybridized carbons (Fsp3) is 0.486. The molecule has 2 aliphatic heterocycles. The van der Waals surface area contributed by atoms with E-state index in [2.05, 4.69) is 20.6 Å². The van der Waals surface area contributed by atoms with Crippen LogP contribution in [-0.4, -0.2) is 79.7 Å². The lowest BCUT2D eigenvalue weighted by atomic mass is 10.0. The first-order valence-corrected chi connectivity index (χ1v) is 16.3. The van der Waals surface area contributed by atoms with Crippen molar-refractivity contribution in [2.75, 3.05) is 6.54 Å². The van der Waals surface area contributed by atoms with Gasteiger partial charge in [-0.15, -0.1) is 0 Å². The van der Waals surface area contributed by atoms with Crippen molar-refractivity contribution in [1.29, 1.82) is 0 Å². The summed E-state index contributed by atoms with van der Waals surface area (Å²) in [6.45, 7) is 5.25. The lowest BCUT2D eigenvalue weighted by molar-refractivity contribution is -0.145. The number of aromatic nitrogens is 2. The number of ether oxygens (including phenoxy) is 2. The zero-order valence-electron chi connectivity index (χ0n) is 26.9. The Balaban J connectivity index is 1.33. The smallest absolute Gasteiger partial charge is 0.408 e. The van der Waals surface area contributed by atoms with Crippen molar-refractivity contribution in [3.05, 3.63) is 54.7 Å². The minimum Gasteiger partial charge on any atom is -0.479 e. The third kappa shape index (κ3) is 6.86. The summed E-state index contributed by atoms with van der Waals surface area (Å²) in [5, 5.41) is 18.2. The summed E-state index contributed by atoms with van der Waals surface area (Å²) in [5.41, 5.74) is -1.71. The molecule has 3 aromatic rings. The molecule has 0 bridgehead atoms. The molecule has 1 saturated heterocycles. The lowest BCUT2D eigenvalue weighted by Gasteiger charge is -2.30. The predicted molar refractivity (Wildman–Crippen MR) is 174 cm³/mol. The van der Waals surface area contributed by atoms with Crippen LogP contribution in [0.1, 0.15) is 65.7 Å². The van der Waals surface area contributed by atoms with Gasteiger partial charge in [-0.05, 0) is 70.0 Å². The van der Waals surface area contributed by atoms with E-state index in [0.29, 0.717) is 24.4 Å². The molecule has 12 nitrogen and oxygen atoms in total.